The molecule has 3 aromatic rings. The minimum Gasteiger partial charge on any atom is -0.459 e. The summed E-state index contributed by atoms with van der Waals surface area (Å²) < 4.78 is 19.5. The molecule has 6 nitrogen and oxygen atoms in total. The van der Waals surface area contributed by atoms with Gasteiger partial charge in [0.1, 0.15) is 17.2 Å². The fraction of sp³-hybridized carbons (Fsp3) is 0.238. The Morgan fingerprint density at radius 1 is 1.18 bits per heavy atom. The molecule has 4 N–H and O–H groups in total. The van der Waals surface area contributed by atoms with Crippen LogP contribution in [0, 0.1) is 18.7 Å². The van der Waals surface area contributed by atoms with Crippen molar-refractivity contribution in [3.05, 3.63) is 65.2 Å². The van der Waals surface area contributed by atoms with Gasteiger partial charge in [0.15, 0.2) is 0 Å². The van der Waals surface area contributed by atoms with E-state index in [1.807, 2.05) is 6.92 Å². The van der Waals surface area contributed by atoms with E-state index in [0.717, 1.165) is 18.4 Å². The number of nitrogens with one attached hydrogen (secondary N) is 2. The van der Waals surface area contributed by atoms with Crippen LogP contribution in [0.1, 0.15) is 40.6 Å². The molecule has 1 fully saturated rings. The summed E-state index contributed by atoms with van der Waals surface area (Å²) in [7, 11) is 0. The minimum atomic E-state index is -0.526. The van der Waals surface area contributed by atoms with E-state index in [2.05, 4.69) is 10.6 Å². The molecule has 1 saturated carbocycles. The Labute approximate surface area is 160 Å². The van der Waals surface area contributed by atoms with E-state index in [-0.39, 0.29) is 23.8 Å². The highest BCUT2D eigenvalue weighted by Gasteiger charge is 2.37. The molecular weight excluding hydrogens is 361 g/mol. The lowest BCUT2D eigenvalue weighted by molar-refractivity contribution is 0.100. The molecule has 4 rings (SSSR count). The van der Waals surface area contributed by atoms with Crippen molar-refractivity contribution in [1.82, 2.24) is 5.32 Å². The van der Waals surface area contributed by atoms with Crippen LogP contribution < -0.4 is 16.4 Å². The predicted octanol–water partition coefficient (Wildman–Crippen LogP) is 4.25. The van der Waals surface area contributed by atoms with Gasteiger partial charge in [-0.3, -0.25) is 4.79 Å². The summed E-state index contributed by atoms with van der Waals surface area (Å²) >= 11 is 0. The van der Waals surface area contributed by atoms with Crippen molar-refractivity contribution in [3.8, 4) is 0 Å². The van der Waals surface area contributed by atoms with Crippen molar-refractivity contribution in [2.24, 2.45) is 11.7 Å². The van der Waals surface area contributed by atoms with Crippen molar-refractivity contribution in [1.29, 1.82) is 0 Å². The SMILES string of the molecule is Cc1c(C(NC(=O)Nc2ccc(C(N)=O)cc2)C2CC2)oc2ccc(F)cc12. The molecule has 28 heavy (non-hydrogen) atoms. The maximum atomic E-state index is 13.6. The lowest BCUT2D eigenvalue weighted by atomic mass is 10.0. The Hall–Kier alpha value is -3.35. The Bertz CT molecular complexity index is 1050. The number of hydrogen-bond acceptors (Lipinski definition) is 3. The third-order valence-corrected chi connectivity index (χ3v) is 5.02. The van der Waals surface area contributed by atoms with Crippen LogP contribution in [0.2, 0.25) is 0 Å². The predicted molar refractivity (Wildman–Crippen MR) is 103 cm³/mol. The Morgan fingerprint density at radius 3 is 2.54 bits per heavy atom. The molecule has 1 unspecified atom stereocenters. The smallest absolute Gasteiger partial charge is 0.319 e. The molecule has 1 atom stereocenters. The number of anilines is 1. The molecule has 0 spiro atoms. The number of fused-ring (bicyclic) bond motifs is 1. The third kappa shape index (κ3) is 3.55. The van der Waals surface area contributed by atoms with Gasteiger partial charge in [-0.2, -0.15) is 0 Å². The zero-order valence-corrected chi connectivity index (χ0v) is 15.3. The van der Waals surface area contributed by atoms with E-state index in [0.29, 0.717) is 28.0 Å². The first-order valence-corrected chi connectivity index (χ1v) is 9.08. The van der Waals surface area contributed by atoms with Gasteiger partial charge in [-0.25, -0.2) is 9.18 Å². The van der Waals surface area contributed by atoms with Gasteiger partial charge in [0.2, 0.25) is 5.91 Å². The van der Waals surface area contributed by atoms with Crippen LogP contribution in [0.5, 0.6) is 0 Å². The number of benzene rings is 2. The van der Waals surface area contributed by atoms with Crippen LogP contribution in [0.3, 0.4) is 0 Å². The number of rotatable bonds is 5. The van der Waals surface area contributed by atoms with Crippen LogP contribution >= 0.6 is 0 Å². The minimum absolute atomic E-state index is 0.284. The van der Waals surface area contributed by atoms with Gasteiger partial charge in [-0.15, -0.1) is 0 Å². The normalized spacial score (nSPS) is 14.6. The Kier molecular flexibility index (Phi) is 4.50. The zero-order chi connectivity index (χ0) is 19.8. The van der Waals surface area contributed by atoms with E-state index in [9.17, 15) is 14.0 Å². The molecule has 1 aliphatic carbocycles. The molecule has 0 saturated heterocycles. The zero-order valence-electron chi connectivity index (χ0n) is 15.3. The average Bonchev–Trinajstić information content (AvgIpc) is 3.45. The number of nitrogens with two attached hydrogens (primary N) is 1. The molecule has 1 aliphatic rings. The van der Waals surface area contributed by atoms with Gasteiger partial charge in [-0.1, -0.05) is 0 Å². The molecule has 0 radical (unpaired) electrons. The van der Waals surface area contributed by atoms with Crippen molar-refractivity contribution in [2.45, 2.75) is 25.8 Å². The molecular formula is C21H20FN3O3. The molecule has 0 aliphatic heterocycles. The van der Waals surface area contributed by atoms with Crippen molar-refractivity contribution in [3.63, 3.8) is 0 Å². The Balaban J connectivity index is 1.53. The van der Waals surface area contributed by atoms with E-state index >= 15 is 0 Å². The van der Waals surface area contributed by atoms with Crippen molar-refractivity contribution < 1.29 is 18.4 Å². The van der Waals surface area contributed by atoms with Gasteiger partial charge in [0.05, 0.1) is 6.04 Å². The number of primary amides is 1. The van der Waals surface area contributed by atoms with Gasteiger partial charge >= 0.3 is 6.03 Å². The fourth-order valence-corrected chi connectivity index (χ4v) is 3.36. The summed E-state index contributed by atoms with van der Waals surface area (Å²) in [5, 5.41) is 6.43. The Morgan fingerprint density at radius 2 is 1.89 bits per heavy atom. The number of urea groups is 1. The molecule has 1 aromatic heterocycles. The number of carbonyl (C=O) groups excluding carboxylic acids is 2. The standard InChI is InChI=1S/C21H20FN3O3/c1-11-16-10-14(22)6-9-17(16)28-19(11)18(12-2-3-12)25-21(27)24-15-7-4-13(5-8-15)20(23)26/h4-10,12,18H,2-3H2,1H3,(H2,23,26)(H2,24,25,27). The number of hydrogen-bond donors (Lipinski definition) is 3. The first-order chi connectivity index (χ1) is 13.4. The highest BCUT2D eigenvalue weighted by Crippen LogP contribution is 2.44. The molecule has 1 heterocycles. The summed E-state index contributed by atoms with van der Waals surface area (Å²) in [6, 6.07) is 10.1. The summed E-state index contributed by atoms with van der Waals surface area (Å²) in [5.74, 6) is 0.0899. The largest absolute Gasteiger partial charge is 0.459 e. The molecule has 2 aromatic carbocycles. The lowest BCUT2D eigenvalue weighted by Crippen LogP contribution is -2.33. The summed E-state index contributed by atoms with van der Waals surface area (Å²) in [6.07, 6.45) is 1.98. The summed E-state index contributed by atoms with van der Waals surface area (Å²) in [6.45, 7) is 1.87. The van der Waals surface area contributed by atoms with Crippen LogP contribution in [0.15, 0.2) is 46.9 Å². The number of carbonyl (C=O) groups is 2. The topological polar surface area (TPSA) is 97.4 Å². The maximum Gasteiger partial charge on any atom is 0.319 e. The van der Waals surface area contributed by atoms with Gasteiger partial charge < -0.3 is 20.8 Å². The number of furan rings is 1. The van der Waals surface area contributed by atoms with E-state index < -0.39 is 5.91 Å². The first kappa shape index (κ1) is 18.0. The van der Waals surface area contributed by atoms with Gasteiger partial charge in [0, 0.05) is 22.2 Å². The quantitative estimate of drug-likeness (QED) is 0.616. The van der Waals surface area contributed by atoms with E-state index in [1.165, 1.54) is 12.1 Å². The van der Waals surface area contributed by atoms with E-state index in [1.54, 1.807) is 30.3 Å². The van der Waals surface area contributed by atoms with Gasteiger partial charge in [0.25, 0.3) is 0 Å². The van der Waals surface area contributed by atoms with Crippen LogP contribution in [-0.2, 0) is 0 Å². The highest BCUT2D eigenvalue weighted by molar-refractivity contribution is 5.94. The third-order valence-electron chi connectivity index (χ3n) is 5.02. The molecule has 144 valence electrons. The van der Waals surface area contributed by atoms with Gasteiger partial charge in [-0.05, 0) is 68.1 Å². The van der Waals surface area contributed by atoms with Crippen LogP contribution in [0.25, 0.3) is 11.0 Å². The van der Waals surface area contributed by atoms with E-state index in [4.69, 9.17) is 10.2 Å². The maximum absolute atomic E-state index is 13.6. The second kappa shape index (κ2) is 6.99. The number of aryl methyl sites for hydroxylation is 1. The molecule has 3 amide bonds. The number of halogens is 1. The van der Waals surface area contributed by atoms with Crippen LogP contribution in [-0.4, -0.2) is 11.9 Å². The molecule has 0 bridgehead atoms. The number of amides is 3. The van der Waals surface area contributed by atoms with Crippen molar-refractivity contribution >= 4 is 28.6 Å². The first-order valence-electron chi connectivity index (χ1n) is 9.08. The fourth-order valence-electron chi connectivity index (χ4n) is 3.36. The second-order valence-electron chi connectivity index (χ2n) is 7.09. The summed E-state index contributed by atoms with van der Waals surface area (Å²) in [5.41, 5.74) is 7.56. The van der Waals surface area contributed by atoms with Crippen molar-refractivity contribution in [2.75, 3.05) is 5.32 Å². The monoisotopic (exact) mass is 381 g/mol. The highest BCUT2D eigenvalue weighted by atomic mass is 19.1. The summed E-state index contributed by atoms with van der Waals surface area (Å²) in [4.78, 5) is 23.6. The lowest BCUT2D eigenvalue weighted by Gasteiger charge is -2.17. The molecule has 7 heteroatoms. The average molecular weight is 381 g/mol. The van der Waals surface area contributed by atoms with Crippen LogP contribution in [0.4, 0.5) is 14.9 Å². The second-order valence-corrected chi connectivity index (χ2v) is 7.09.